The molecule has 2 aromatic carbocycles. The van der Waals surface area contributed by atoms with Gasteiger partial charge in [-0.25, -0.2) is 23.1 Å². The average Bonchev–Trinajstić information content (AvgIpc) is 2.66. The van der Waals surface area contributed by atoms with Gasteiger partial charge in [-0.2, -0.15) is 0 Å². The van der Waals surface area contributed by atoms with Crippen molar-refractivity contribution >= 4 is 28.1 Å². The molecule has 1 aromatic heterocycles. The molecule has 0 radical (unpaired) electrons. The summed E-state index contributed by atoms with van der Waals surface area (Å²) in [6.45, 7) is 0.212. The number of aromatic nitrogens is 2. The van der Waals surface area contributed by atoms with E-state index in [-0.39, 0.29) is 47.0 Å². The Morgan fingerprint density at radius 1 is 1.19 bits per heavy atom. The Labute approximate surface area is 149 Å². The quantitative estimate of drug-likeness (QED) is 0.384. The minimum atomic E-state index is -1.65. The van der Waals surface area contributed by atoms with Crippen LogP contribution in [-0.2, 0) is 0 Å². The van der Waals surface area contributed by atoms with Crippen LogP contribution in [0.2, 0.25) is 0 Å². The van der Waals surface area contributed by atoms with Crippen LogP contribution < -0.4 is 15.8 Å². The first kappa shape index (κ1) is 18.3. The highest BCUT2D eigenvalue weighted by atomic mass is 19.2. The fraction of sp³-hybridized carbons (Fsp3) is 0.125. The predicted molar refractivity (Wildman–Crippen MR) is 90.3 cm³/mol. The third-order valence-corrected chi connectivity index (χ3v) is 3.58. The van der Waals surface area contributed by atoms with E-state index in [4.69, 9.17) is 10.5 Å². The SMILES string of the molecule is NCCOc1cc2ncnc(Nc3ccc(F)c(F)c3F)c2cc1[N+](=O)[O-]. The molecule has 0 bridgehead atoms. The third kappa shape index (κ3) is 3.58. The molecule has 0 aliphatic carbocycles. The van der Waals surface area contributed by atoms with Gasteiger partial charge in [-0.3, -0.25) is 10.1 Å². The lowest BCUT2D eigenvalue weighted by Crippen LogP contribution is -2.11. The average molecular weight is 379 g/mol. The Morgan fingerprint density at radius 2 is 1.96 bits per heavy atom. The summed E-state index contributed by atoms with van der Waals surface area (Å²) < 4.78 is 45.6. The number of ether oxygens (including phenoxy) is 1. The second kappa shape index (κ2) is 7.41. The Hall–Kier alpha value is -3.47. The molecule has 0 atom stereocenters. The predicted octanol–water partition coefficient (Wildman–Crippen LogP) is 3.04. The molecular weight excluding hydrogens is 367 g/mol. The second-order valence-electron chi connectivity index (χ2n) is 5.30. The van der Waals surface area contributed by atoms with Gasteiger partial charge in [0, 0.05) is 18.7 Å². The van der Waals surface area contributed by atoms with Crippen LogP contribution in [0.5, 0.6) is 5.75 Å². The molecule has 0 saturated heterocycles. The molecule has 0 fully saturated rings. The first-order valence-electron chi connectivity index (χ1n) is 7.59. The van der Waals surface area contributed by atoms with Gasteiger partial charge in [-0.05, 0) is 12.1 Å². The summed E-state index contributed by atoms with van der Waals surface area (Å²) in [5.74, 6) is -4.51. The van der Waals surface area contributed by atoms with E-state index in [1.807, 2.05) is 0 Å². The van der Waals surface area contributed by atoms with Crippen molar-refractivity contribution < 1.29 is 22.8 Å². The zero-order valence-corrected chi connectivity index (χ0v) is 13.6. The molecule has 0 aliphatic heterocycles. The van der Waals surface area contributed by atoms with Gasteiger partial charge in [0.25, 0.3) is 0 Å². The molecule has 0 aliphatic rings. The van der Waals surface area contributed by atoms with Crippen molar-refractivity contribution in [1.82, 2.24) is 9.97 Å². The number of fused-ring (bicyclic) bond motifs is 1. The molecule has 11 heteroatoms. The number of halogens is 3. The topological polar surface area (TPSA) is 116 Å². The Balaban J connectivity index is 2.10. The number of anilines is 2. The summed E-state index contributed by atoms with van der Waals surface area (Å²) >= 11 is 0. The molecule has 140 valence electrons. The first-order valence-corrected chi connectivity index (χ1v) is 7.59. The van der Waals surface area contributed by atoms with Crippen LogP contribution in [0.3, 0.4) is 0 Å². The zero-order valence-electron chi connectivity index (χ0n) is 13.6. The zero-order chi connectivity index (χ0) is 19.6. The van der Waals surface area contributed by atoms with Crippen molar-refractivity contribution in [3.63, 3.8) is 0 Å². The minimum absolute atomic E-state index is 0.0293. The fourth-order valence-corrected chi connectivity index (χ4v) is 2.35. The number of nitro groups is 1. The maximum Gasteiger partial charge on any atom is 0.311 e. The summed E-state index contributed by atoms with van der Waals surface area (Å²) in [4.78, 5) is 18.5. The van der Waals surface area contributed by atoms with Crippen LogP contribution in [-0.4, -0.2) is 28.0 Å². The summed E-state index contributed by atoms with van der Waals surface area (Å²) in [6, 6.07) is 4.18. The Kier molecular flexibility index (Phi) is 5.03. The van der Waals surface area contributed by atoms with Crippen LogP contribution in [0, 0.1) is 27.6 Å². The molecule has 8 nitrogen and oxygen atoms in total. The van der Waals surface area contributed by atoms with Gasteiger partial charge >= 0.3 is 5.69 Å². The number of nitrogens with zero attached hydrogens (tertiary/aromatic N) is 3. The highest BCUT2D eigenvalue weighted by molar-refractivity contribution is 5.93. The maximum absolute atomic E-state index is 13.9. The second-order valence-corrected chi connectivity index (χ2v) is 5.30. The summed E-state index contributed by atoms with van der Waals surface area (Å²) in [6.07, 6.45) is 1.13. The van der Waals surface area contributed by atoms with Crippen molar-refractivity contribution in [2.45, 2.75) is 0 Å². The van der Waals surface area contributed by atoms with Gasteiger partial charge in [0.05, 0.1) is 21.5 Å². The largest absolute Gasteiger partial charge is 0.485 e. The monoisotopic (exact) mass is 379 g/mol. The van der Waals surface area contributed by atoms with E-state index in [1.165, 1.54) is 6.07 Å². The van der Waals surface area contributed by atoms with Crippen molar-refractivity contribution in [1.29, 1.82) is 0 Å². The van der Waals surface area contributed by atoms with E-state index in [0.29, 0.717) is 0 Å². The number of hydrogen-bond donors (Lipinski definition) is 2. The number of nitrogens with one attached hydrogen (secondary N) is 1. The molecular formula is C16H12F3N5O3. The molecule has 0 amide bonds. The Morgan fingerprint density at radius 3 is 2.67 bits per heavy atom. The lowest BCUT2D eigenvalue weighted by molar-refractivity contribution is -0.385. The van der Waals surface area contributed by atoms with Gasteiger partial charge in [0.15, 0.2) is 23.2 Å². The van der Waals surface area contributed by atoms with E-state index < -0.39 is 22.4 Å². The van der Waals surface area contributed by atoms with Gasteiger partial charge in [0.1, 0.15) is 18.8 Å². The molecule has 0 saturated carbocycles. The van der Waals surface area contributed by atoms with Crippen LogP contribution >= 0.6 is 0 Å². The van der Waals surface area contributed by atoms with E-state index in [1.54, 1.807) is 0 Å². The van der Waals surface area contributed by atoms with Gasteiger partial charge < -0.3 is 15.8 Å². The van der Waals surface area contributed by atoms with Crippen LogP contribution in [0.15, 0.2) is 30.6 Å². The van der Waals surface area contributed by atoms with E-state index >= 15 is 0 Å². The van der Waals surface area contributed by atoms with Crippen molar-refractivity contribution in [3.8, 4) is 5.75 Å². The van der Waals surface area contributed by atoms with Crippen LogP contribution in [0.1, 0.15) is 0 Å². The van der Waals surface area contributed by atoms with Gasteiger partial charge in [-0.15, -0.1) is 0 Å². The van der Waals surface area contributed by atoms with E-state index in [0.717, 1.165) is 24.5 Å². The van der Waals surface area contributed by atoms with E-state index in [2.05, 4.69) is 15.3 Å². The van der Waals surface area contributed by atoms with Crippen LogP contribution in [0.4, 0.5) is 30.4 Å². The molecule has 3 aromatic rings. The summed E-state index contributed by atoms with van der Waals surface area (Å²) in [5, 5.41) is 14.0. The van der Waals surface area contributed by atoms with Crippen molar-refractivity contribution in [3.05, 3.63) is 58.2 Å². The molecule has 0 spiro atoms. The molecule has 3 N–H and O–H groups in total. The number of nitrogens with two attached hydrogens (primary N) is 1. The van der Waals surface area contributed by atoms with Crippen molar-refractivity contribution in [2.75, 3.05) is 18.5 Å². The van der Waals surface area contributed by atoms with Crippen LogP contribution in [0.25, 0.3) is 10.9 Å². The minimum Gasteiger partial charge on any atom is -0.485 e. The number of benzene rings is 2. The lowest BCUT2D eigenvalue weighted by Gasteiger charge is -2.11. The molecule has 27 heavy (non-hydrogen) atoms. The normalized spacial score (nSPS) is 10.8. The standard InChI is InChI=1S/C16H12F3N5O3/c17-9-1-2-10(15(19)14(9)18)23-16-8-5-12(24(25)26)13(27-4-3-20)6-11(8)21-7-22-16/h1-2,5-7H,3-4,20H2,(H,21,22,23). The smallest absolute Gasteiger partial charge is 0.311 e. The Bertz CT molecular complexity index is 1030. The molecule has 1 heterocycles. The molecule has 0 unspecified atom stereocenters. The fourth-order valence-electron chi connectivity index (χ4n) is 2.35. The first-order chi connectivity index (χ1) is 12.9. The molecule has 3 rings (SSSR count). The van der Waals surface area contributed by atoms with E-state index in [9.17, 15) is 23.3 Å². The van der Waals surface area contributed by atoms with Gasteiger partial charge in [0.2, 0.25) is 0 Å². The number of nitro benzene ring substituents is 1. The van der Waals surface area contributed by atoms with Crippen molar-refractivity contribution in [2.24, 2.45) is 5.73 Å². The van der Waals surface area contributed by atoms with Gasteiger partial charge in [-0.1, -0.05) is 0 Å². The number of hydrogen-bond acceptors (Lipinski definition) is 7. The number of rotatable bonds is 6. The summed E-state index contributed by atoms with van der Waals surface area (Å²) in [5.41, 5.74) is 4.83. The third-order valence-electron chi connectivity index (χ3n) is 3.58. The highest BCUT2D eigenvalue weighted by Crippen LogP contribution is 2.35. The highest BCUT2D eigenvalue weighted by Gasteiger charge is 2.20. The lowest BCUT2D eigenvalue weighted by atomic mass is 10.2. The summed E-state index contributed by atoms with van der Waals surface area (Å²) in [7, 11) is 0. The maximum atomic E-state index is 13.9.